The number of likely N-dealkylation sites (N-methyl/N-ethyl adjacent to an activating group) is 1. The summed E-state index contributed by atoms with van der Waals surface area (Å²) in [6, 6.07) is 3.12. The number of aromatic carboxylic acids is 1. The monoisotopic (exact) mass is 277 g/mol. The van der Waals surface area contributed by atoms with Crippen LogP contribution in [0.4, 0.5) is 5.82 Å². The molecule has 0 saturated carbocycles. The first-order valence-electron chi connectivity index (χ1n) is 6.74. The number of amides is 1. The first-order chi connectivity index (χ1) is 9.51. The minimum Gasteiger partial charge on any atom is -0.478 e. The van der Waals surface area contributed by atoms with Crippen molar-refractivity contribution in [3.63, 3.8) is 0 Å². The molecule has 0 radical (unpaired) electrons. The molecule has 6 heteroatoms. The Labute approximate surface area is 118 Å². The van der Waals surface area contributed by atoms with Gasteiger partial charge in [0.1, 0.15) is 5.82 Å². The summed E-state index contributed by atoms with van der Waals surface area (Å²) in [7, 11) is 1.78. The average molecular weight is 277 g/mol. The lowest BCUT2D eigenvalue weighted by atomic mass is 10.2. The van der Waals surface area contributed by atoms with Gasteiger partial charge in [-0.2, -0.15) is 0 Å². The molecular formula is C14H19N3O3. The van der Waals surface area contributed by atoms with E-state index in [0.717, 1.165) is 12.1 Å². The van der Waals surface area contributed by atoms with Gasteiger partial charge < -0.3 is 14.9 Å². The van der Waals surface area contributed by atoms with E-state index in [0.29, 0.717) is 25.3 Å². The first-order valence-corrected chi connectivity index (χ1v) is 6.74. The minimum atomic E-state index is -0.971. The molecule has 1 fully saturated rings. The summed E-state index contributed by atoms with van der Waals surface area (Å²) in [5.74, 6) is -0.366. The van der Waals surface area contributed by atoms with Crippen molar-refractivity contribution < 1.29 is 14.7 Å². The molecule has 1 aliphatic heterocycles. The Morgan fingerprint density at radius 1 is 1.40 bits per heavy atom. The Hall–Kier alpha value is -2.11. The molecule has 2 rings (SSSR count). The van der Waals surface area contributed by atoms with Crippen molar-refractivity contribution in [3.05, 3.63) is 23.4 Å². The molecule has 0 atom stereocenters. The Kier molecular flexibility index (Phi) is 4.22. The summed E-state index contributed by atoms with van der Waals surface area (Å²) in [5, 5.41) is 9.16. The van der Waals surface area contributed by atoms with Crippen LogP contribution in [0.15, 0.2) is 12.1 Å². The van der Waals surface area contributed by atoms with E-state index in [9.17, 15) is 9.59 Å². The van der Waals surface area contributed by atoms with Crippen molar-refractivity contribution in [1.82, 2.24) is 9.88 Å². The third kappa shape index (κ3) is 3.07. The predicted molar refractivity (Wildman–Crippen MR) is 75.0 cm³/mol. The molecule has 1 aliphatic rings. The number of nitrogens with zero attached hydrogens (tertiary/aromatic N) is 3. The van der Waals surface area contributed by atoms with Crippen molar-refractivity contribution in [2.24, 2.45) is 0 Å². The first kappa shape index (κ1) is 14.3. The van der Waals surface area contributed by atoms with Crippen LogP contribution in [0.25, 0.3) is 0 Å². The number of hydrogen-bond donors (Lipinski definition) is 1. The molecule has 0 bridgehead atoms. The minimum absolute atomic E-state index is 0.0306. The quantitative estimate of drug-likeness (QED) is 0.892. The third-order valence-electron chi connectivity index (χ3n) is 3.47. The summed E-state index contributed by atoms with van der Waals surface area (Å²) in [5.41, 5.74) is 0.946. The van der Waals surface area contributed by atoms with Crippen molar-refractivity contribution >= 4 is 17.7 Å². The number of aryl methyl sites for hydroxylation is 1. The van der Waals surface area contributed by atoms with Crippen LogP contribution in [-0.2, 0) is 11.2 Å². The van der Waals surface area contributed by atoms with E-state index in [4.69, 9.17) is 5.11 Å². The SMILES string of the molecule is CCc1cc(C(=O)O)cc(N2CCCN(C)C(=O)C2)n1. The molecular weight excluding hydrogens is 258 g/mol. The lowest BCUT2D eigenvalue weighted by Crippen LogP contribution is -2.34. The molecule has 1 N–H and O–H groups in total. The van der Waals surface area contributed by atoms with Gasteiger partial charge in [0.25, 0.3) is 0 Å². The molecule has 6 nitrogen and oxygen atoms in total. The van der Waals surface area contributed by atoms with Gasteiger partial charge in [-0.05, 0) is 25.0 Å². The van der Waals surface area contributed by atoms with Crippen molar-refractivity contribution in [2.45, 2.75) is 19.8 Å². The van der Waals surface area contributed by atoms with Crippen LogP contribution in [0.2, 0.25) is 0 Å². The van der Waals surface area contributed by atoms with Gasteiger partial charge in [0.05, 0.1) is 12.1 Å². The molecule has 20 heavy (non-hydrogen) atoms. The molecule has 0 spiro atoms. The second-order valence-corrected chi connectivity index (χ2v) is 4.95. The van der Waals surface area contributed by atoms with Gasteiger partial charge in [-0.15, -0.1) is 0 Å². The van der Waals surface area contributed by atoms with Crippen LogP contribution in [0, 0.1) is 0 Å². The summed E-state index contributed by atoms with van der Waals surface area (Å²) >= 11 is 0. The van der Waals surface area contributed by atoms with Gasteiger partial charge in [-0.1, -0.05) is 6.92 Å². The topological polar surface area (TPSA) is 73.7 Å². The van der Waals surface area contributed by atoms with E-state index in [1.54, 1.807) is 24.1 Å². The van der Waals surface area contributed by atoms with Crippen molar-refractivity contribution in [2.75, 3.05) is 31.6 Å². The van der Waals surface area contributed by atoms with Gasteiger partial charge in [-0.3, -0.25) is 4.79 Å². The van der Waals surface area contributed by atoms with Gasteiger partial charge >= 0.3 is 5.97 Å². The molecule has 0 aliphatic carbocycles. The number of rotatable bonds is 3. The Morgan fingerprint density at radius 2 is 2.15 bits per heavy atom. The Bertz CT molecular complexity index is 530. The van der Waals surface area contributed by atoms with Gasteiger partial charge in [0.15, 0.2) is 0 Å². The fourth-order valence-corrected chi connectivity index (χ4v) is 2.22. The number of aromatic nitrogens is 1. The van der Waals surface area contributed by atoms with E-state index >= 15 is 0 Å². The smallest absolute Gasteiger partial charge is 0.335 e. The second kappa shape index (κ2) is 5.90. The zero-order valence-electron chi connectivity index (χ0n) is 11.8. The van der Waals surface area contributed by atoms with Gasteiger partial charge in [0.2, 0.25) is 5.91 Å². The molecule has 0 aromatic carbocycles. The summed E-state index contributed by atoms with van der Waals surface area (Å²) in [6.07, 6.45) is 1.51. The van der Waals surface area contributed by atoms with Gasteiger partial charge in [0, 0.05) is 25.8 Å². The van der Waals surface area contributed by atoms with Crippen LogP contribution in [-0.4, -0.2) is 53.5 Å². The Morgan fingerprint density at radius 3 is 2.80 bits per heavy atom. The zero-order valence-corrected chi connectivity index (χ0v) is 11.8. The number of hydrogen-bond acceptors (Lipinski definition) is 4. The van der Waals surface area contributed by atoms with E-state index in [1.807, 2.05) is 11.8 Å². The van der Waals surface area contributed by atoms with Crippen LogP contribution in [0.5, 0.6) is 0 Å². The third-order valence-corrected chi connectivity index (χ3v) is 3.47. The highest BCUT2D eigenvalue weighted by molar-refractivity contribution is 5.89. The number of carboxylic acid groups (broad SMARTS) is 1. The molecule has 1 aromatic heterocycles. The number of pyridine rings is 1. The fraction of sp³-hybridized carbons (Fsp3) is 0.500. The highest BCUT2D eigenvalue weighted by Gasteiger charge is 2.21. The maximum absolute atomic E-state index is 11.9. The van der Waals surface area contributed by atoms with Crippen LogP contribution >= 0.6 is 0 Å². The lowest BCUT2D eigenvalue weighted by molar-refractivity contribution is -0.127. The van der Waals surface area contributed by atoms with Gasteiger partial charge in [-0.25, -0.2) is 9.78 Å². The van der Waals surface area contributed by atoms with Crippen LogP contribution in [0.1, 0.15) is 29.4 Å². The second-order valence-electron chi connectivity index (χ2n) is 4.95. The highest BCUT2D eigenvalue weighted by Crippen LogP contribution is 2.18. The van der Waals surface area contributed by atoms with E-state index in [1.165, 1.54) is 0 Å². The number of carboxylic acids is 1. The molecule has 0 unspecified atom stereocenters. The standard InChI is InChI=1S/C14H19N3O3/c1-3-11-7-10(14(19)20)8-12(15-11)17-6-4-5-16(2)13(18)9-17/h7-8H,3-6,9H2,1-2H3,(H,19,20). The lowest BCUT2D eigenvalue weighted by Gasteiger charge is -2.21. The summed E-state index contributed by atoms with van der Waals surface area (Å²) in [6.45, 7) is 3.60. The fourth-order valence-electron chi connectivity index (χ4n) is 2.22. The average Bonchev–Trinajstić information content (AvgIpc) is 2.60. The number of anilines is 1. The summed E-state index contributed by atoms with van der Waals surface area (Å²) < 4.78 is 0. The molecule has 2 heterocycles. The van der Waals surface area contributed by atoms with Crippen LogP contribution < -0.4 is 4.90 Å². The normalized spacial score (nSPS) is 16.2. The summed E-state index contributed by atoms with van der Waals surface area (Å²) in [4.78, 5) is 31.1. The van der Waals surface area contributed by atoms with E-state index < -0.39 is 5.97 Å². The largest absolute Gasteiger partial charge is 0.478 e. The van der Waals surface area contributed by atoms with E-state index in [-0.39, 0.29) is 18.0 Å². The molecule has 1 aromatic rings. The predicted octanol–water partition coefficient (Wildman–Crippen LogP) is 1.01. The Balaban J connectivity index is 2.33. The van der Waals surface area contributed by atoms with Crippen molar-refractivity contribution in [1.29, 1.82) is 0 Å². The molecule has 108 valence electrons. The highest BCUT2D eigenvalue weighted by atomic mass is 16.4. The number of carbonyl (C=O) groups excluding carboxylic acids is 1. The zero-order chi connectivity index (χ0) is 14.7. The molecule has 1 saturated heterocycles. The molecule has 1 amide bonds. The van der Waals surface area contributed by atoms with Crippen LogP contribution in [0.3, 0.4) is 0 Å². The van der Waals surface area contributed by atoms with E-state index in [2.05, 4.69) is 4.98 Å². The maximum Gasteiger partial charge on any atom is 0.335 e. The number of carbonyl (C=O) groups is 2. The van der Waals surface area contributed by atoms with Crippen molar-refractivity contribution in [3.8, 4) is 0 Å². The maximum atomic E-state index is 11.9.